The zero-order valence-electron chi connectivity index (χ0n) is 11.8. The predicted molar refractivity (Wildman–Crippen MR) is 73.8 cm³/mol. The first-order valence-corrected chi connectivity index (χ1v) is 6.73. The molecule has 0 bridgehead atoms. The second kappa shape index (κ2) is 4.72. The van der Waals surface area contributed by atoms with Crippen molar-refractivity contribution in [3.8, 4) is 5.75 Å². The molecule has 1 aromatic rings. The Morgan fingerprint density at radius 3 is 2.70 bits per heavy atom. The molecule has 4 nitrogen and oxygen atoms in total. The Bertz CT molecular complexity index is 570. The first-order chi connectivity index (χ1) is 9.58. The third kappa shape index (κ3) is 1.79. The molecule has 3 rings (SSSR count). The molecule has 1 aliphatic heterocycles. The molecule has 1 aliphatic carbocycles. The van der Waals surface area contributed by atoms with E-state index < -0.39 is 5.79 Å². The molecule has 1 fully saturated rings. The van der Waals surface area contributed by atoms with Gasteiger partial charge in [0.2, 0.25) is 5.79 Å². The summed E-state index contributed by atoms with van der Waals surface area (Å²) in [5.74, 6) is -0.254. The number of methoxy groups -OCH3 is 1. The summed E-state index contributed by atoms with van der Waals surface area (Å²) in [6, 6.07) is 5.46. The molecule has 2 aliphatic rings. The predicted octanol–water partition coefficient (Wildman–Crippen LogP) is 2.67. The number of ether oxygens (including phenoxy) is 3. The van der Waals surface area contributed by atoms with E-state index in [9.17, 15) is 4.79 Å². The second-order valence-electron chi connectivity index (χ2n) is 5.30. The standard InChI is InChI=1S/C16H18O4/c1-10(2)14-9-15(17)12-8-11(18-3)4-5-13(12)16(14)19-6-7-20-16/h4-5,8,14H,1,6-7,9H2,2-3H3/t14-/m0/s1. The molecule has 1 heterocycles. The second-order valence-corrected chi connectivity index (χ2v) is 5.30. The molecule has 0 N–H and O–H groups in total. The van der Waals surface area contributed by atoms with Crippen molar-refractivity contribution in [2.24, 2.45) is 5.92 Å². The lowest BCUT2D eigenvalue weighted by Crippen LogP contribution is -2.43. The van der Waals surface area contributed by atoms with Crippen LogP contribution in [0.3, 0.4) is 0 Å². The normalized spacial score (nSPS) is 23.7. The van der Waals surface area contributed by atoms with Gasteiger partial charge >= 0.3 is 0 Å². The van der Waals surface area contributed by atoms with Crippen molar-refractivity contribution < 1.29 is 19.0 Å². The Hall–Kier alpha value is -1.65. The maximum absolute atomic E-state index is 12.4. The summed E-state index contributed by atoms with van der Waals surface area (Å²) >= 11 is 0. The van der Waals surface area contributed by atoms with Crippen LogP contribution in [0.25, 0.3) is 0 Å². The first kappa shape index (κ1) is 13.3. The van der Waals surface area contributed by atoms with Crippen LogP contribution in [0.2, 0.25) is 0 Å². The van der Waals surface area contributed by atoms with Gasteiger partial charge < -0.3 is 14.2 Å². The molecule has 0 radical (unpaired) electrons. The van der Waals surface area contributed by atoms with Gasteiger partial charge in [0, 0.05) is 23.5 Å². The molecule has 0 saturated carbocycles. The van der Waals surface area contributed by atoms with Gasteiger partial charge in [0.25, 0.3) is 0 Å². The molecule has 20 heavy (non-hydrogen) atoms. The Kier molecular flexibility index (Phi) is 3.15. The molecule has 1 atom stereocenters. The van der Waals surface area contributed by atoms with Crippen LogP contribution < -0.4 is 4.74 Å². The number of carbonyl (C=O) groups excluding carboxylic acids is 1. The lowest BCUT2D eigenvalue weighted by Gasteiger charge is -2.40. The molecule has 4 heteroatoms. The summed E-state index contributed by atoms with van der Waals surface area (Å²) in [5, 5.41) is 0. The van der Waals surface area contributed by atoms with Gasteiger partial charge in [0.15, 0.2) is 5.78 Å². The molecule has 1 aromatic carbocycles. The number of Topliss-reactive ketones (excluding diaryl/α,β-unsaturated/α-hetero) is 1. The van der Waals surface area contributed by atoms with Gasteiger partial charge in [-0.25, -0.2) is 0 Å². The number of rotatable bonds is 2. The van der Waals surface area contributed by atoms with Crippen molar-refractivity contribution in [3.63, 3.8) is 0 Å². The molecule has 1 spiro atoms. The molecule has 0 amide bonds. The number of fused-ring (bicyclic) bond motifs is 2. The van der Waals surface area contributed by atoms with E-state index in [2.05, 4.69) is 6.58 Å². The van der Waals surface area contributed by atoms with Gasteiger partial charge in [-0.2, -0.15) is 0 Å². The third-order valence-corrected chi connectivity index (χ3v) is 4.06. The highest BCUT2D eigenvalue weighted by atomic mass is 16.7. The summed E-state index contributed by atoms with van der Waals surface area (Å²) in [4.78, 5) is 12.4. The Morgan fingerprint density at radius 1 is 1.40 bits per heavy atom. The number of carbonyl (C=O) groups is 1. The van der Waals surface area contributed by atoms with E-state index in [0.717, 1.165) is 11.1 Å². The highest BCUT2D eigenvalue weighted by Crippen LogP contribution is 2.48. The third-order valence-electron chi connectivity index (χ3n) is 4.06. The van der Waals surface area contributed by atoms with E-state index in [1.165, 1.54) is 0 Å². The van der Waals surface area contributed by atoms with Crippen molar-refractivity contribution >= 4 is 5.78 Å². The number of benzene rings is 1. The zero-order chi connectivity index (χ0) is 14.3. The Labute approximate surface area is 118 Å². The fourth-order valence-electron chi connectivity index (χ4n) is 3.09. The SMILES string of the molecule is C=C(C)[C@@H]1CC(=O)c2cc(OC)ccc2C12OCCO2. The van der Waals surface area contributed by atoms with Crippen LogP contribution in [0.4, 0.5) is 0 Å². The molecule has 0 aromatic heterocycles. The molecular formula is C16H18O4. The molecule has 0 unspecified atom stereocenters. The minimum atomic E-state index is -0.860. The van der Waals surface area contributed by atoms with E-state index in [4.69, 9.17) is 14.2 Å². The average molecular weight is 274 g/mol. The average Bonchev–Trinajstić information content (AvgIpc) is 2.92. The fraction of sp³-hybridized carbons (Fsp3) is 0.438. The zero-order valence-corrected chi connectivity index (χ0v) is 11.8. The number of hydrogen-bond acceptors (Lipinski definition) is 4. The lowest BCUT2D eigenvalue weighted by atomic mass is 9.75. The van der Waals surface area contributed by atoms with Crippen molar-refractivity contribution in [2.75, 3.05) is 20.3 Å². The van der Waals surface area contributed by atoms with Crippen molar-refractivity contribution in [1.29, 1.82) is 0 Å². The summed E-state index contributed by atoms with van der Waals surface area (Å²) in [7, 11) is 1.59. The maximum atomic E-state index is 12.4. The van der Waals surface area contributed by atoms with Gasteiger partial charge in [-0.05, 0) is 25.1 Å². The van der Waals surface area contributed by atoms with Crippen molar-refractivity contribution in [2.45, 2.75) is 19.1 Å². The quantitative estimate of drug-likeness (QED) is 0.778. The minimum Gasteiger partial charge on any atom is -0.497 e. The van der Waals surface area contributed by atoms with Crippen LogP contribution in [0.1, 0.15) is 29.3 Å². The number of ketones is 1. The van der Waals surface area contributed by atoms with E-state index in [1.54, 1.807) is 13.2 Å². The van der Waals surface area contributed by atoms with Crippen molar-refractivity contribution in [3.05, 3.63) is 41.5 Å². The van der Waals surface area contributed by atoms with Gasteiger partial charge in [-0.1, -0.05) is 12.2 Å². The Morgan fingerprint density at radius 2 is 2.10 bits per heavy atom. The summed E-state index contributed by atoms with van der Waals surface area (Å²) < 4.78 is 17.1. The fourth-order valence-corrected chi connectivity index (χ4v) is 3.09. The summed E-state index contributed by atoms with van der Waals surface area (Å²) in [6.45, 7) is 6.98. The van der Waals surface area contributed by atoms with Gasteiger partial charge in [0.05, 0.1) is 20.3 Å². The largest absolute Gasteiger partial charge is 0.497 e. The highest BCUT2D eigenvalue weighted by Gasteiger charge is 2.52. The van der Waals surface area contributed by atoms with Crippen LogP contribution in [0, 0.1) is 5.92 Å². The maximum Gasteiger partial charge on any atom is 0.202 e. The molecule has 106 valence electrons. The smallest absolute Gasteiger partial charge is 0.202 e. The van der Waals surface area contributed by atoms with Crippen LogP contribution in [-0.2, 0) is 15.3 Å². The van der Waals surface area contributed by atoms with E-state index >= 15 is 0 Å². The highest BCUT2D eigenvalue weighted by molar-refractivity contribution is 5.99. The first-order valence-electron chi connectivity index (χ1n) is 6.73. The topological polar surface area (TPSA) is 44.8 Å². The van der Waals surface area contributed by atoms with Gasteiger partial charge in [-0.15, -0.1) is 0 Å². The van der Waals surface area contributed by atoms with E-state index in [1.807, 2.05) is 19.1 Å². The van der Waals surface area contributed by atoms with Crippen LogP contribution in [0.15, 0.2) is 30.4 Å². The van der Waals surface area contributed by atoms with Crippen molar-refractivity contribution in [1.82, 2.24) is 0 Å². The van der Waals surface area contributed by atoms with E-state index in [-0.39, 0.29) is 11.7 Å². The van der Waals surface area contributed by atoms with Crippen LogP contribution in [0.5, 0.6) is 5.75 Å². The molecule has 1 saturated heterocycles. The summed E-state index contributed by atoms with van der Waals surface area (Å²) in [6.07, 6.45) is 0.357. The van der Waals surface area contributed by atoms with E-state index in [0.29, 0.717) is 30.9 Å². The number of hydrogen-bond donors (Lipinski definition) is 0. The van der Waals surface area contributed by atoms with Gasteiger partial charge in [0.1, 0.15) is 5.75 Å². The monoisotopic (exact) mass is 274 g/mol. The Balaban J connectivity index is 2.18. The summed E-state index contributed by atoms with van der Waals surface area (Å²) in [5.41, 5.74) is 2.32. The van der Waals surface area contributed by atoms with Crippen LogP contribution >= 0.6 is 0 Å². The van der Waals surface area contributed by atoms with Gasteiger partial charge in [-0.3, -0.25) is 4.79 Å². The minimum absolute atomic E-state index is 0.0802. The van der Waals surface area contributed by atoms with Crippen LogP contribution in [-0.4, -0.2) is 26.1 Å². The molecular weight excluding hydrogens is 256 g/mol. The lowest BCUT2D eigenvalue weighted by molar-refractivity contribution is -0.198.